The van der Waals surface area contributed by atoms with Crippen LogP contribution in [0.1, 0.15) is 37.9 Å². The minimum absolute atomic E-state index is 0.321. The van der Waals surface area contributed by atoms with E-state index < -0.39 is 0 Å². The van der Waals surface area contributed by atoms with Crippen molar-refractivity contribution in [3.63, 3.8) is 0 Å². The van der Waals surface area contributed by atoms with Crippen LogP contribution in [-0.4, -0.2) is 17.1 Å². The lowest BCUT2D eigenvalue weighted by molar-refractivity contribution is 0.451. The average molecular weight is 205 g/mol. The Hall–Kier alpha value is -0.930. The second kappa shape index (κ2) is 4.73. The van der Waals surface area contributed by atoms with E-state index in [4.69, 9.17) is 5.73 Å². The maximum absolute atomic E-state index is 5.88. The van der Waals surface area contributed by atoms with Gasteiger partial charge in [-0.1, -0.05) is 6.07 Å². The van der Waals surface area contributed by atoms with Gasteiger partial charge in [0, 0.05) is 24.3 Å². The van der Waals surface area contributed by atoms with Crippen molar-refractivity contribution in [3.8, 4) is 0 Å². The maximum atomic E-state index is 5.88. The molecule has 1 aromatic rings. The van der Waals surface area contributed by atoms with Gasteiger partial charge >= 0.3 is 0 Å². The molecular formula is C12H19N3. The van der Waals surface area contributed by atoms with E-state index in [1.165, 1.54) is 6.42 Å². The molecule has 3 N–H and O–H groups in total. The molecule has 3 unspecified atom stereocenters. The van der Waals surface area contributed by atoms with Gasteiger partial charge in [-0.2, -0.15) is 0 Å². The summed E-state index contributed by atoms with van der Waals surface area (Å²) >= 11 is 0. The molecule has 1 heterocycles. The molecule has 0 bridgehead atoms. The Labute approximate surface area is 91.1 Å². The van der Waals surface area contributed by atoms with E-state index >= 15 is 0 Å². The van der Waals surface area contributed by atoms with Gasteiger partial charge in [-0.3, -0.25) is 4.98 Å². The molecule has 1 aromatic heterocycles. The SMILES string of the molecule is CC(NC1CCC(N)C1)c1ccccn1. The van der Waals surface area contributed by atoms with Gasteiger partial charge in [0.1, 0.15) is 0 Å². The topological polar surface area (TPSA) is 50.9 Å². The van der Waals surface area contributed by atoms with E-state index in [-0.39, 0.29) is 0 Å². The Morgan fingerprint density at radius 2 is 2.33 bits per heavy atom. The van der Waals surface area contributed by atoms with E-state index in [9.17, 15) is 0 Å². The standard InChI is InChI=1S/C12H19N3/c1-9(12-4-2-3-7-14-12)15-11-6-5-10(13)8-11/h2-4,7,9-11,15H,5-6,8,13H2,1H3. The zero-order valence-electron chi connectivity index (χ0n) is 9.19. The lowest BCUT2D eigenvalue weighted by Crippen LogP contribution is -2.31. The van der Waals surface area contributed by atoms with Gasteiger partial charge in [-0.25, -0.2) is 0 Å². The molecule has 3 nitrogen and oxygen atoms in total. The first-order valence-corrected chi connectivity index (χ1v) is 5.68. The third-order valence-corrected chi connectivity index (χ3v) is 3.09. The minimum atomic E-state index is 0.321. The minimum Gasteiger partial charge on any atom is -0.328 e. The smallest absolute Gasteiger partial charge is 0.0570 e. The molecule has 1 saturated carbocycles. The van der Waals surface area contributed by atoms with Crippen molar-refractivity contribution in [2.75, 3.05) is 0 Å². The first-order valence-electron chi connectivity index (χ1n) is 5.68. The summed E-state index contributed by atoms with van der Waals surface area (Å²) in [5, 5.41) is 3.58. The zero-order chi connectivity index (χ0) is 10.7. The van der Waals surface area contributed by atoms with E-state index in [2.05, 4.69) is 23.3 Å². The number of hydrogen-bond donors (Lipinski definition) is 2. The number of hydrogen-bond acceptors (Lipinski definition) is 3. The van der Waals surface area contributed by atoms with Crippen molar-refractivity contribution in [2.45, 2.75) is 44.3 Å². The van der Waals surface area contributed by atoms with Crippen LogP contribution in [0.2, 0.25) is 0 Å². The Morgan fingerprint density at radius 1 is 1.47 bits per heavy atom. The van der Waals surface area contributed by atoms with Gasteiger partial charge in [0.15, 0.2) is 0 Å². The molecule has 3 atom stereocenters. The fourth-order valence-corrected chi connectivity index (χ4v) is 2.24. The molecule has 15 heavy (non-hydrogen) atoms. The summed E-state index contributed by atoms with van der Waals surface area (Å²) in [6, 6.07) is 7.31. The van der Waals surface area contributed by atoms with Crippen molar-refractivity contribution in [3.05, 3.63) is 30.1 Å². The Balaban J connectivity index is 1.90. The number of nitrogens with one attached hydrogen (secondary N) is 1. The van der Waals surface area contributed by atoms with Crippen molar-refractivity contribution in [1.29, 1.82) is 0 Å². The van der Waals surface area contributed by atoms with E-state index in [0.29, 0.717) is 18.1 Å². The molecular weight excluding hydrogens is 186 g/mol. The summed E-state index contributed by atoms with van der Waals surface area (Å²) in [5.74, 6) is 0. The van der Waals surface area contributed by atoms with Crippen LogP contribution in [0.4, 0.5) is 0 Å². The molecule has 0 aliphatic heterocycles. The molecule has 0 saturated heterocycles. The summed E-state index contributed by atoms with van der Waals surface area (Å²) in [7, 11) is 0. The van der Waals surface area contributed by atoms with E-state index in [1.807, 2.05) is 18.3 Å². The Bertz CT molecular complexity index is 299. The normalized spacial score (nSPS) is 27.9. The highest BCUT2D eigenvalue weighted by Gasteiger charge is 2.23. The van der Waals surface area contributed by atoms with Crippen LogP contribution in [0.3, 0.4) is 0 Å². The summed E-state index contributed by atoms with van der Waals surface area (Å²) in [6.45, 7) is 2.16. The predicted molar refractivity (Wildman–Crippen MR) is 61.4 cm³/mol. The molecule has 1 fully saturated rings. The molecule has 2 rings (SSSR count). The molecule has 0 radical (unpaired) electrons. The van der Waals surface area contributed by atoms with Crippen LogP contribution in [0, 0.1) is 0 Å². The molecule has 1 aliphatic carbocycles. The van der Waals surface area contributed by atoms with Crippen molar-refractivity contribution < 1.29 is 0 Å². The lowest BCUT2D eigenvalue weighted by atomic mass is 10.1. The quantitative estimate of drug-likeness (QED) is 0.788. The van der Waals surface area contributed by atoms with E-state index in [0.717, 1.165) is 18.5 Å². The summed E-state index contributed by atoms with van der Waals surface area (Å²) in [6.07, 6.45) is 5.27. The van der Waals surface area contributed by atoms with Crippen LogP contribution in [0.15, 0.2) is 24.4 Å². The highest BCUT2D eigenvalue weighted by molar-refractivity contribution is 5.08. The van der Waals surface area contributed by atoms with E-state index in [1.54, 1.807) is 0 Å². The third kappa shape index (κ3) is 2.76. The lowest BCUT2D eigenvalue weighted by Gasteiger charge is -2.18. The Morgan fingerprint density at radius 3 is 2.93 bits per heavy atom. The van der Waals surface area contributed by atoms with Crippen LogP contribution >= 0.6 is 0 Å². The monoisotopic (exact) mass is 205 g/mol. The highest BCUT2D eigenvalue weighted by atomic mass is 15.0. The first kappa shape index (κ1) is 10.6. The molecule has 0 spiro atoms. The number of aromatic nitrogens is 1. The Kier molecular flexibility index (Phi) is 3.34. The largest absolute Gasteiger partial charge is 0.328 e. The summed E-state index contributed by atoms with van der Waals surface area (Å²) in [4.78, 5) is 4.35. The number of rotatable bonds is 3. The summed E-state index contributed by atoms with van der Waals surface area (Å²) in [5.41, 5.74) is 6.99. The molecule has 0 aromatic carbocycles. The van der Waals surface area contributed by atoms with Crippen LogP contribution in [-0.2, 0) is 0 Å². The van der Waals surface area contributed by atoms with Gasteiger partial charge in [0.05, 0.1) is 5.69 Å². The van der Waals surface area contributed by atoms with Gasteiger partial charge < -0.3 is 11.1 Å². The van der Waals surface area contributed by atoms with Gasteiger partial charge in [-0.05, 0) is 38.3 Å². The average Bonchev–Trinajstić information content (AvgIpc) is 2.65. The van der Waals surface area contributed by atoms with Crippen molar-refractivity contribution in [2.24, 2.45) is 5.73 Å². The second-order valence-corrected chi connectivity index (χ2v) is 4.41. The van der Waals surface area contributed by atoms with Crippen molar-refractivity contribution in [1.82, 2.24) is 10.3 Å². The zero-order valence-corrected chi connectivity index (χ0v) is 9.19. The fraction of sp³-hybridized carbons (Fsp3) is 0.583. The van der Waals surface area contributed by atoms with Crippen LogP contribution < -0.4 is 11.1 Å². The predicted octanol–water partition coefficient (Wildman–Crippen LogP) is 1.61. The highest BCUT2D eigenvalue weighted by Crippen LogP contribution is 2.20. The molecule has 3 heteroatoms. The molecule has 0 amide bonds. The number of nitrogens with zero attached hydrogens (tertiary/aromatic N) is 1. The maximum Gasteiger partial charge on any atom is 0.0570 e. The van der Waals surface area contributed by atoms with Gasteiger partial charge in [0.25, 0.3) is 0 Å². The number of nitrogens with two attached hydrogens (primary N) is 1. The number of pyridine rings is 1. The summed E-state index contributed by atoms with van der Waals surface area (Å²) < 4.78 is 0. The van der Waals surface area contributed by atoms with Crippen LogP contribution in [0.5, 0.6) is 0 Å². The third-order valence-electron chi connectivity index (χ3n) is 3.09. The van der Waals surface area contributed by atoms with Gasteiger partial charge in [-0.15, -0.1) is 0 Å². The molecule has 82 valence electrons. The van der Waals surface area contributed by atoms with Crippen LogP contribution in [0.25, 0.3) is 0 Å². The molecule has 1 aliphatic rings. The fourth-order valence-electron chi connectivity index (χ4n) is 2.24. The van der Waals surface area contributed by atoms with Crippen molar-refractivity contribution >= 4 is 0 Å². The van der Waals surface area contributed by atoms with Gasteiger partial charge in [0.2, 0.25) is 0 Å². The second-order valence-electron chi connectivity index (χ2n) is 4.41. The first-order chi connectivity index (χ1) is 7.25.